The van der Waals surface area contributed by atoms with Crippen molar-refractivity contribution in [2.45, 2.75) is 32.5 Å². The summed E-state index contributed by atoms with van der Waals surface area (Å²) in [5, 5.41) is 14.5. The van der Waals surface area contributed by atoms with E-state index in [0.29, 0.717) is 55.1 Å². The maximum absolute atomic E-state index is 12.8. The highest BCUT2D eigenvalue weighted by molar-refractivity contribution is 6.31. The van der Waals surface area contributed by atoms with Gasteiger partial charge in [0.05, 0.1) is 37.0 Å². The number of hydrogen-bond acceptors (Lipinski definition) is 5. The Morgan fingerprint density at radius 2 is 2.00 bits per heavy atom. The standard InChI is InChI=1S/C18H20ClN3O4/c1-11(23)15-8-13-10-21(2-3-22(13)20-15)18(24)7-12-6-16-17(9-14(12)19)26-5-4-25-16/h6,8-9,11,23H,2-5,7,10H2,1H3/t11-/m0/s1. The van der Waals surface area contributed by atoms with E-state index >= 15 is 0 Å². The third kappa shape index (κ3) is 3.24. The molecule has 138 valence electrons. The number of ether oxygens (including phenoxy) is 2. The molecular weight excluding hydrogens is 358 g/mol. The number of hydrogen-bond donors (Lipinski definition) is 1. The van der Waals surface area contributed by atoms with Gasteiger partial charge in [0.1, 0.15) is 13.2 Å². The van der Waals surface area contributed by atoms with Crippen molar-refractivity contribution >= 4 is 17.5 Å². The number of aliphatic hydroxyl groups excluding tert-OH is 1. The van der Waals surface area contributed by atoms with Crippen LogP contribution in [0.15, 0.2) is 18.2 Å². The first-order valence-electron chi connectivity index (χ1n) is 8.62. The number of nitrogens with zero attached hydrogens (tertiary/aromatic N) is 3. The Hall–Kier alpha value is -2.25. The topological polar surface area (TPSA) is 76.8 Å². The molecule has 0 unspecified atom stereocenters. The Kier molecular flexibility index (Phi) is 4.50. The second-order valence-electron chi connectivity index (χ2n) is 6.54. The van der Waals surface area contributed by atoms with Gasteiger partial charge in [-0.3, -0.25) is 9.48 Å². The molecule has 8 heteroatoms. The molecule has 26 heavy (non-hydrogen) atoms. The first-order chi connectivity index (χ1) is 12.5. The molecule has 2 aromatic rings. The molecule has 0 radical (unpaired) electrons. The Bertz CT molecular complexity index is 849. The number of carbonyl (C=O) groups excluding carboxylic acids is 1. The molecule has 2 aliphatic rings. The van der Waals surface area contributed by atoms with Crippen LogP contribution in [0.5, 0.6) is 11.5 Å². The number of fused-ring (bicyclic) bond motifs is 2. The van der Waals surface area contributed by atoms with Gasteiger partial charge in [0.15, 0.2) is 11.5 Å². The van der Waals surface area contributed by atoms with Gasteiger partial charge in [-0.1, -0.05) is 11.6 Å². The highest BCUT2D eigenvalue weighted by Crippen LogP contribution is 2.35. The van der Waals surface area contributed by atoms with Crippen molar-refractivity contribution in [1.82, 2.24) is 14.7 Å². The van der Waals surface area contributed by atoms with Crippen LogP contribution in [0.2, 0.25) is 5.02 Å². The molecule has 4 rings (SSSR count). The van der Waals surface area contributed by atoms with E-state index in [1.807, 2.05) is 10.7 Å². The van der Waals surface area contributed by atoms with Crippen molar-refractivity contribution in [3.63, 3.8) is 0 Å². The van der Waals surface area contributed by atoms with Crippen molar-refractivity contribution in [1.29, 1.82) is 0 Å². The molecule has 0 fully saturated rings. The quantitative estimate of drug-likeness (QED) is 0.884. The monoisotopic (exact) mass is 377 g/mol. The number of benzene rings is 1. The summed E-state index contributed by atoms with van der Waals surface area (Å²) in [6, 6.07) is 5.34. The lowest BCUT2D eigenvalue weighted by Gasteiger charge is -2.28. The van der Waals surface area contributed by atoms with Crippen LogP contribution in [-0.4, -0.2) is 45.5 Å². The Morgan fingerprint density at radius 3 is 2.73 bits per heavy atom. The maximum atomic E-state index is 12.8. The third-order valence-corrected chi connectivity index (χ3v) is 5.00. The summed E-state index contributed by atoms with van der Waals surface area (Å²) in [6.07, 6.45) is -0.416. The van der Waals surface area contributed by atoms with Gasteiger partial charge in [-0.2, -0.15) is 5.10 Å². The molecule has 0 spiro atoms. The van der Waals surface area contributed by atoms with Crippen molar-refractivity contribution in [2.75, 3.05) is 19.8 Å². The van der Waals surface area contributed by atoms with E-state index in [-0.39, 0.29) is 12.3 Å². The van der Waals surface area contributed by atoms with Crippen molar-refractivity contribution in [2.24, 2.45) is 0 Å². The molecule has 0 aliphatic carbocycles. The Balaban J connectivity index is 1.48. The van der Waals surface area contributed by atoms with Crippen LogP contribution in [0.4, 0.5) is 0 Å². The lowest BCUT2D eigenvalue weighted by atomic mass is 10.1. The van der Waals surface area contributed by atoms with E-state index in [1.54, 1.807) is 24.0 Å². The highest BCUT2D eigenvalue weighted by atomic mass is 35.5. The predicted molar refractivity (Wildman–Crippen MR) is 94.4 cm³/mol. The number of aromatic nitrogens is 2. The predicted octanol–water partition coefficient (Wildman–Crippen LogP) is 1.95. The van der Waals surface area contributed by atoms with Crippen LogP contribution in [0.3, 0.4) is 0 Å². The van der Waals surface area contributed by atoms with Crippen LogP contribution >= 0.6 is 11.6 Å². The summed E-state index contributed by atoms with van der Waals surface area (Å²) in [4.78, 5) is 14.5. The number of carbonyl (C=O) groups is 1. The zero-order valence-electron chi connectivity index (χ0n) is 14.4. The molecule has 1 N–H and O–H groups in total. The minimum Gasteiger partial charge on any atom is -0.486 e. The van der Waals surface area contributed by atoms with Crippen LogP contribution in [0.25, 0.3) is 0 Å². The first-order valence-corrected chi connectivity index (χ1v) is 8.99. The van der Waals surface area contributed by atoms with E-state index < -0.39 is 6.10 Å². The lowest BCUT2D eigenvalue weighted by Crippen LogP contribution is -2.39. The van der Waals surface area contributed by atoms with E-state index in [0.717, 1.165) is 11.3 Å². The minimum atomic E-state index is -0.617. The SMILES string of the molecule is C[C@H](O)c1cc2n(n1)CCN(C(=O)Cc1cc3c(cc1Cl)OCCO3)C2. The second kappa shape index (κ2) is 6.81. The van der Waals surface area contributed by atoms with E-state index in [9.17, 15) is 9.90 Å². The fourth-order valence-corrected chi connectivity index (χ4v) is 3.44. The summed E-state index contributed by atoms with van der Waals surface area (Å²) in [6.45, 7) is 4.33. The summed E-state index contributed by atoms with van der Waals surface area (Å²) in [7, 11) is 0. The largest absolute Gasteiger partial charge is 0.486 e. The van der Waals surface area contributed by atoms with Gasteiger partial charge >= 0.3 is 0 Å². The molecule has 1 atom stereocenters. The average Bonchev–Trinajstić information content (AvgIpc) is 3.06. The number of halogens is 1. The molecular formula is C18H20ClN3O4. The van der Waals surface area contributed by atoms with Gasteiger partial charge in [0.25, 0.3) is 0 Å². The molecule has 1 aromatic heterocycles. The molecule has 1 aromatic carbocycles. The van der Waals surface area contributed by atoms with Gasteiger partial charge in [-0.15, -0.1) is 0 Å². The number of amides is 1. The molecule has 2 aliphatic heterocycles. The zero-order chi connectivity index (χ0) is 18.3. The van der Waals surface area contributed by atoms with Crippen LogP contribution in [0.1, 0.15) is 30.0 Å². The summed E-state index contributed by atoms with van der Waals surface area (Å²) >= 11 is 6.32. The van der Waals surface area contributed by atoms with Gasteiger partial charge < -0.3 is 19.5 Å². The number of rotatable bonds is 3. The van der Waals surface area contributed by atoms with Crippen molar-refractivity contribution in [3.05, 3.63) is 40.2 Å². The smallest absolute Gasteiger partial charge is 0.227 e. The maximum Gasteiger partial charge on any atom is 0.227 e. The molecule has 1 amide bonds. The average molecular weight is 378 g/mol. The fourth-order valence-electron chi connectivity index (χ4n) is 3.22. The number of aliphatic hydroxyl groups is 1. The summed E-state index contributed by atoms with van der Waals surface area (Å²) < 4.78 is 12.9. The molecule has 0 saturated carbocycles. The van der Waals surface area contributed by atoms with E-state index in [1.165, 1.54) is 0 Å². The Labute approximate surface area is 156 Å². The molecule has 3 heterocycles. The van der Waals surface area contributed by atoms with Gasteiger partial charge in [-0.25, -0.2) is 0 Å². The van der Waals surface area contributed by atoms with Crippen LogP contribution in [0, 0.1) is 0 Å². The van der Waals surface area contributed by atoms with Crippen molar-refractivity contribution in [3.8, 4) is 11.5 Å². The molecule has 7 nitrogen and oxygen atoms in total. The van der Waals surface area contributed by atoms with E-state index in [2.05, 4.69) is 5.10 Å². The van der Waals surface area contributed by atoms with E-state index in [4.69, 9.17) is 21.1 Å². The Morgan fingerprint density at radius 1 is 1.27 bits per heavy atom. The second-order valence-corrected chi connectivity index (χ2v) is 6.95. The summed E-state index contributed by atoms with van der Waals surface area (Å²) in [5.74, 6) is 1.24. The molecule has 0 bridgehead atoms. The van der Waals surface area contributed by atoms with Gasteiger partial charge in [0, 0.05) is 17.6 Å². The minimum absolute atomic E-state index is 0.00498. The normalized spacial score (nSPS) is 17.0. The van der Waals surface area contributed by atoms with Gasteiger partial charge in [0.2, 0.25) is 5.91 Å². The zero-order valence-corrected chi connectivity index (χ0v) is 15.2. The third-order valence-electron chi connectivity index (χ3n) is 4.65. The first kappa shape index (κ1) is 17.2. The summed E-state index contributed by atoms with van der Waals surface area (Å²) in [5.41, 5.74) is 2.28. The van der Waals surface area contributed by atoms with Crippen LogP contribution in [-0.2, 0) is 24.3 Å². The molecule has 0 saturated heterocycles. The van der Waals surface area contributed by atoms with Crippen molar-refractivity contribution < 1.29 is 19.4 Å². The van der Waals surface area contributed by atoms with Crippen LogP contribution < -0.4 is 9.47 Å². The fraction of sp³-hybridized carbons (Fsp3) is 0.444. The highest BCUT2D eigenvalue weighted by Gasteiger charge is 2.24. The van der Waals surface area contributed by atoms with Gasteiger partial charge in [-0.05, 0) is 24.6 Å². The lowest BCUT2D eigenvalue weighted by molar-refractivity contribution is -0.132.